The number of aromatic nitrogens is 3. The Kier molecular flexibility index (Phi) is 3.96. The third-order valence-electron chi connectivity index (χ3n) is 3.06. The summed E-state index contributed by atoms with van der Waals surface area (Å²) in [6.45, 7) is 0.375. The molecule has 0 saturated carbocycles. The van der Waals surface area contributed by atoms with Crippen LogP contribution in [0, 0.1) is 5.82 Å². The maximum Gasteiger partial charge on any atom is 0.147 e. The molecule has 0 radical (unpaired) electrons. The van der Waals surface area contributed by atoms with E-state index in [1.807, 2.05) is 30.3 Å². The average Bonchev–Trinajstić information content (AvgIpc) is 2.96. The van der Waals surface area contributed by atoms with E-state index in [9.17, 15) is 4.39 Å². The van der Waals surface area contributed by atoms with Crippen molar-refractivity contribution < 1.29 is 4.39 Å². The maximum atomic E-state index is 13.8. The first-order valence-corrected chi connectivity index (χ1v) is 7.18. The molecule has 106 valence electrons. The van der Waals surface area contributed by atoms with E-state index in [0.717, 1.165) is 17.0 Å². The summed E-state index contributed by atoms with van der Waals surface area (Å²) in [6.07, 6.45) is 0. The molecule has 1 aromatic heterocycles. The Morgan fingerprint density at radius 1 is 1.05 bits per heavy atom. The van der Waals surface area contributed by atoms with E-state index in [1.54, 1.807) is 12.1 Å². The first-order valence-electron chi connectivity index (χ1n) is 6.38. The fourth-order valence-electron chi connectivity index (χ4n) is 2.04. The largest absolute Gasteiger partial charge is 0.376 e. The molecule has 0 bridgehead atoms. The predicted octanol–water partition coefficient (Wildman–Crippen LogP) is 3.99. The first-order chi connectivity index (χ1) is 10.3. The fourth-order valence-corrected chi connectivity index (χ4v) is 2.52. The molecule has 0 saturated heterocycles. The molecule has 3 aromatic rings. The molecule has 0 unspecified atom stereocenters. The van der Waals surface area contributed by atoms with Gasteiger partial charge in [0, 0.05) is 10.0 Å². The van der Waals surface area contributed by atoms with Crippen molar-refractivity contribution in [1.29, 1.82) is 0 Å². The van der Waals surface area contributed by atoms with Gasteiger partial charge in [0.05, 0.1) is 12.2 Å². The molecule has 0 aliphatic heterocycles. The molecular weight excluding hydrogens is 335 g/mol. The lowest BCUT2D eigenvalue weighted by atomic mass is 10.1. The van der Waals surface area contributed by atoms with E-state index in [1.165, 1.54) is 6.07 Å². The van der Waals surface area contributed by atoms with Gasteiger partial charge in [-0.15, -0.1) is 0 Å². The predicted molar refractivity (Wildman–Crippen MR) is 83.2 cm³/mol. The van der Waals surface area contributed by atoms with Crippen molar-refractivity contribution in [1.82, 2.24) is 15.4 Å². The van der Waals surface area contributed by atoms with Crippen molar-refractivity contribution in [2.45, 2.75) is 6.54 Å². The van der Waals surface area contributed by atoms with Gasteiger partial charge in [0.25, 0.3) is 0 Å². The highest BCUT2D eigenvalue weighted by Gasteiger charge is 2.12. The zero-order valence-electron chi connectivity index (χ0n) is 11.0. The highest BCUT2D eigenvalue weighted by molar-refractivity contribution is 9.10. The van der Waals surface area contributed by atoms with Gasteiger partial charge in [0.2, 0.25) is 0 Å². The smallest absolute Gasteiger partial charge is 0.147 e. The third kappa shape index (κ3) is 2.95. The van der Waals surface area contributed by atoms with Crippen molar-refractivity contribution in [3.8, 4) is 11.3 Å². The summed E-state index contributed by atoms with van der Waals surface area (Å²) in [6, 6.07) is 14.6. The molecule has 6 heteroatoms. The van der Waals surface area contributed by atoms with Crippen LogP contribution in [-0.4, -0.2) is 15.4 Å². The monoisotopic (exact) mass is 346 g/mol. The second-order valence-electron chi connectivity index (χ2n) is 4.44. The summed E-state index contributed by atoms with van der Waals surface area (Å²) in [5.41, 5.74) is 2.88. The molecule has 1 heterocycles. The first kappa shape index (κ1) is 13.8. The molecule has 0 spiro atoms. The number of para-hydroxylation sites is 1. The van der Waals surface area contributed by atoms with E-state index in [-0.39, 0.29) is 5.82 Å². The van der Waals surface area contributed by atoms with Gasteiger partial charge < -0.3 is 5.32 Å². The van der Waals surface area contributed by atoms with Crippen LogP contribution in [-0.2, 0) is 6.54 Å². The van der Waals surface area contributed by atoms with Crippen LogP contribution in [0.2, 0.25) is 0 Å². The highest BCUT2D eigenvalue weighted by atomic mass is 79.9. The summed E-state index contributed by atoms with van der Waals surface area (Å²) in [7, 11) is 0. The van der Waals surface area contributed by atoms with E-state index in [0.29, 0.717) is 16.7 Å². The fraction of sp³-hybridized carbons (Fsp3) is 0.0667. The maximum absolute atomic E-state index is 13.8. The van der Waals surface area contributed by atoms with Gasteiger partial charge in [-0.1, -0.05) is 36.4 Å². The molecule has 0 aliphatic carbocycles. The number of nitrogens with one attached hydrogen (secondary N) is 2. The van der Waals surface area contributed by atoms with Gasteiger partial charge in [-0.25, -0.2) is 4.39 Å². The number of hydrogen-bond acceptors (Lipinski definition) is 3. The van der Waals surface area contributed by atoms with Crippen LogP contribution in [0.5, 0.6) is 0 Å². The summed E-state index contributed by atoms with van der Waals surface area (Å²) in [5, 5.41) is 14.0. The molecule has 3 rings (SSSR count). The Bertz CT molecular complexity index is 722. The molecule has 21 heavy (non-hydrogen) atoms. The van der Waals surface area contributed by atoms with E-state index in [2.05, 4.69) is 36.7 Å². The quantitative estimate of drug-likeness (QED) is 0.751. The summed E-state index contributed by atoms with van der Waals surface area (Å²) in [5.74, 6) is -0.311. The molecule has 0 atom stereocenters. The summed E-state index contributed by atoms with van der Waals surface area (Å²) in [4.78, 5) is 0. The van der Waals surface area contributed by atoms with Crippen molar-refractivity contribution in [3.63, 3.8) is 0 Å². The van der Waals surface area contributed by atoms with Crippen LogP contribution < -0.4 is 5.32 Å². The molecule has 2 N–H and O–H groups in total. The molecular formula is C15H12BrFN4. The number of H-pyrrole nitrogens is 1. The van der Waals surface area contributed by atoms with Crippen LogP contribution in [0.4, 0.5) is 10.1 Å². The number of rotatable bonds is 4. The number of nitrogens with zero attached hydrogens (tertiary/aromatic N) is 2. The second-order valence-corrected chi connectivity index (χ2v) is 5.29. The van der Waals surface area contributed by atoms with Crippen LogP contribution in [0.15, 0.2) is 53.0 Å². The molecule has 0 aliphatic rings. The van der Waals surface area contributed by atoms with Crippen LogP contribution in [0.25, 0.3) is 11.3 Å². The van der Waals surface area contributed by atoms with Gasteiger partial charge in [0.15, 0.2) is 0 Å². The number of hydrogen-bond donors (Lipinski definition) is 2. The van der Waals surface area contributed by atoms with Crippen molar-refractivity contribution in [3.05, 3.63) is 64.5 Å². The molecule has 4 nitrogen and oxygen atoms in total. The standard InChI is InChI=1S/C15H12BrFN4/c16-11-7-4-8-12(17)15(11)18-9-13-14(20-21-19-13)10-5-2-1-3-6-10/h1-8,18H,9H2,(H,19,20,21). The molecule has 0 fully saturated rings. The number of anilines is 1. The molecule has 2 aromatic carbocycles. The lowest BCUT2D eigenvalue weighted by molar-refractivity contribution is 0.629. The zero-order valence-corrected chi connectivity index (χ0v) is 12.6. The zero-order chi connectivity index (χ0) is 14.7. The SMILES string of the molecule is Fc1cccc(Br)c1NCc1n[nH]nc1-c1ccccc1. The number of benzene rings is 2. The van der Waals surface area contributed by atoms with Crippen molar-refractivity contribution in [2.24, 2.45) is 0 Å². The Morgan fingerprint density at radius 3 is 2.62 bits per heavy atom. The Labute approximate surface area is 129 Å². The Balaban J connectivity index is 1.83. The van der Waals surface area contributed by atoms with Gasteiger partial charge in [-0.3, -0.25) is 0 Å². The summed E-state index contributed by atoms with van der Waals surface area (Å²) >= 11 is 3.33. The third-order valence-corrected chi connectivity index (χ3v) is 3.72. The van der Waals surface area contributed by atoms with Crippen molar-refractivity contribution >= 4 is 21.6 Å². The number of aromatic amines is 1. The Hall–Kier alpha value is -2.21. The van der Waals surface area contributed by atoms with E-state index >= 15 is 0 Å². The van der Waals surface area contributed by atoms with E-state index < -0.39 is 0 Å². The molecule has 0 amide bonds. The van der Waals surface area contributed by atoms with Gasteiger partial charge in [-0.2, -0.15) is 15.4 Å². The summed E-state index contributed by atoms with van der Waals surface area (Å²) < 4.78 is 14.4. The van der Waals surface area contributed by atoms with Crippen molar-refractivity contribution in [2.75, 3.05) is 5.32 Å². The average molecular weight is 347 g/mol. The minimum Gasteiger partial charge on any atom is -0.376 e. The minimum absolute atomic E-state index is 0.311. The second kappa shape index (κ2) is 6.05. The minimum atomic E-state index is -0.311. The van der Waals surface area contributed by atoms with E-state index in [4.69, 9.17) is 0 Å². The lowest BCUT2D eigenvalue weighted by Gasteiger charge is -2.08. The normalized spacial score (nSPS) is 10.6. The van der Waals surface area contributed by atoms with Gasteiger partial charge in [0.1, 0.15) is 17.2 Å². The van der Waals surface area contributed by atoms with Crippen LogP contribution in [0.3, 0.4) is 0 Å². The highest BCUT2D eigenvalue weighted by Crippen LogP contribution is 2.26. The Morgan fingerprint density at radius 2 is 1.86 bits per heavy atom. The lowest BCUT2D eigenvalue weighted by Crippen LogP contribution is -2.04. The van der Waals surface area contributed by atoms with Gasteiger partial charge >= 0.3 is 0 Å². The number of halogens is 2. The van der Waals surface area contributed by atoms with Crippen LogP contribution >= 0.6 is 15.9 Å². The van der Waals surface area contributed by atoms with Crippen LogP contribution in [0.1, 0.15) is 5.69 Å². The topological polar surface area (TPSA) is 53.6 Å². The van der Waals surface area contributed by atoms with Gasteiger partial charge in [-0.05, 0) is 28.1 Å².